The first-order valence-electron chi connectivity index (χ1n) is 7.08. The van der Waals surface area contributed by atoms with E-state index in [0.717, 1.165) is 23.8 Å². The first kappa shape index (κ1) is 11.3. The van der Waals surface area contributed by atoms with Gasteiger partial charge in [-0.05, 0) is 48.1 Å². The average Bonchev–Trinajstić information content (AvgIpc) is 2.83. The molecule has 2 aliphatic rings. The van der Waals surface area contributed by atoms with Gasteiger partial charge in [0.1, 0.15) is 0 Å². The largest absolute Gasteiger partial charge is 0.388 e. The van der Waals surface area contributed by atoms with Gasteiger partial charge in [-0.2, -0.15) is 0 Å². The summed E-state index contributed by atoms with van der Waals surface area (Å²) in [5.41, 5.74) is 2.52. The maximum atomic E-state index is 10.4. The highest BCUT2D eigenvalue weighted by molar-refractivity contribution is 5.26. The van der Waals surface area contributed by atoms with E-state index in [1.807, 2.05) is 0 Å². The zero-order chi connectivity index (χ0) is 11.8. The molecule has 2 aliphatic carbocycles. The molecule has 3 atom stereocenters. The molecule has 92 valence electrons. The van der Waals surface area contributed by atoms with Crippen molar-refractivity contribution < 1.29 is 5.11 Å². The maximum Gasteiger partial charge on any atom is 0.0823 e. The summed E-state index contributed by atoms with van der Waals surface area (Å²) in [6, 6.07) is 8.62. The molecule has 3 unspecified atom stereocenters. The molecule has 1 heteroatoms. The van der Waals surface area contributed by atoms with Crippen LogP contribution in [-0.4, -0.2) is 5.11 Å². The van der Waals surface area contributed by atoms with E-state index >= 15 is 0 Å². The lowest BCUT2D eigenvalue weighted by atomic mass is 9.98. The van der Waals surface area contributed by atoms with Crippen molar-refractivity contribution in [3.8, 4) is 0 Å². The molecule has 1 nitrogen and oxygen atoms in total. The van der Waals surface area contributed by atoms with Gasteiger partial charge in [-0.25, -0.2) is 0 Å². The van der Waals surface area contributed by atoms with Gasteiger partial charge in [-0.3, -0.25) is 0 Å². The molecule has 3 rings (SSSR count). The van der Waals surface area contributed by atoms with Crippen LogP contribution in [0.2, 0.25) is 0 Å². The molecular weight excluding hydrogens is 208 g/mol. The normalized spacial score (nSPS) is 32.2. The predicted octanol–water partition coefficient (Wildman–Crippen LogP) is 3.72. The topological polar surface area (TPSA) is 20.2 Å². The lowest BCUT2D eigenvalue weighted by Gasteiger charge is -2.13. The van der Waals surface area contributed by atoms with Crippen molar-refractivity contribution in [1.82, 2.24) is 0 Å². The Bertz CT molecular complexity index is 371. The van der Waals surface area contributed by atoms with Crippen molar-refractivity contribution in [2.45, 2.75) is 45.1 Å². The van der Waals surface area contributed by atoms with Gasteiger partial charge in [0.2, 0.25) is 0 Å². The first-order chi connectivity index (χ1) is 8.31. The molecule has 2 saturated carbocycles. The van der Waals surface area contributed by atoms with Gasteiger partial charge in [0.05, 0.1) is 6.10 Å². The Hall–Kier alpha value is -0.820. The van der Waals surface area contributed by atoms with E-state index in [-0.39, 0.29) is 6.10 Å². The van der Waals surface area contributed by atoms with Crippen molar-refractivity contribution in [3.05, 3.63) is 35.4 Å². The van der Waals surface area contributed by atoms with Crippen molar-refractivity contribution >= 4 is 0 Å². The number of rotatable bonds is 4. The molecule has 0 heterocycles. The Labute approximate surface area is 104 Å². The van der Waals surface area contributed by atoms with Crippen LogP contribution in [0.3, 0.4) is 0 Å². The van der Waals surface area contributed by atoms with E-state index in [2.05, 4.69) is 31.2 Å². The second-order valence-electron chi connectivity index (χ2n) is 5.77. The summed E-state index contributed by atoms with van der Waals surface area (Å²) in [6.07, 6.45) is 6.20. The first-order valence-corrected chi connectivity index (χ1v) is 7.08. The number of hydrogen-bond donors (Lipinski definition) is 1. The highest BCUT2D eigenvalue weighted by Gasteiger charge is 2.55. The highest BCUT2D eigenvalue weighted by Crippen LogP contribution is 2.62. The van der Waals surface area contributed by atoms with Crippen LogP contribution < -0.4 is 0 Å². The monoisotopic (exact) mass is 230 g/mol. The molecule has 0 aliphatic heterocycles. The van der Waals surface area contributed by atoms with E-state index in [1.54, 1.807) is 0 Å². The molecule has 0 bridgehead atoms. The summed E-state index contributed by atoms with van der Waals surface area (Å²) in [5, 5.41) is 10.4. The summed E-state index contributed by atoms with van der Waals surface area (Å²) in [4.78, 5) is 0. The lowest BCUT2D eigenvalue weighted by Crippen LogP contribution is -2.04. The maximum absolute atomic E-state index is 10.4. The van der Waals surface area contributed by atoms with Gasteiger partial charge in [0.15, 0.2) is 0 Å². The predicted molar refractivity (Wildman–Crippen MR) is 69.7 cm³/mol. The van der Waals surface area contributed by atoms with Gasteiger partial charge >= 0.3 is 0 Å². The van der Waals surface area contributed by atoms with E-state index in [9.17, 15) is 5.11 Å². The Balaban J connectivity index is 1.67. The smallest absolute Gasteiger partial charge is 0.0823 e. The standard InChI is InChI=1S/C16H22O/c1-2-4-11-7-9-12(10-8-11)16(17)15-13-5-3-6-14(13)15/h7-10,13-17H,2-6H2,1H3. The van der Waals surface area contributed by atoms with Crippen LogP contribution in [0, 0.1) is 17.8 Å². The Kier molecular flexibility index (Phi) is 2.96. The molecule has 0 spiro atoms. The minimum atomic E-state index is -0.207. The van der Waals surface area contributed by atoms with Crippen molar-refractivity contribution in [2.24, 2.45) is 17.8 Å². The van der Waals surface area contributed by atoms with E-state index < -0.39 is 0 Å². The SMILES string of the molecule is CCCc1ccc(C(O)C2C3CCCC32)cc1. The number of fused-ring (bicyclic) bond motifs is 1. The summed E-state index contributed by atoms with van der Waals surface area (Å²) in [7, 11) is 0. The quantitative estimate of drug-likeness (QED) is 0.836. The fourth-order valence-electron chi connectivity index (χ4n) is 3.74. The third-order valence-electron chi connectivity index (χ3n) is 4.70. The Morgan fingerprint density at radius 2 is 1.82 bits per heavy atom. The second kappa shape index (κ2) is 4.45. The van der Waals surface area contributed by atoms with Gasteiger partial charge in [0, 0.05) is 0 Å². The van der Waals surface area contributed by atoms with Crippen LogP contribution in [0.15, 0.2) is 24.3 Å². The third kappa shape index (κ3) is 2.01. The van der Waals surface area contributed by atoms with Crippen LogP contribution in [0.4, 0.5) is 0 Å². The third-order valence-corrected chi connectivity index (χ3v) is 4.70. The van der Waals surface area contributed by atoms with Crippen molar-refractivity contribution in [1.29, 1.82) is 0 Å². The van der Waals surface area contributed by atoms with Gasteiger partial charge in [-0.1, -0.05) is 44.0 Å². The second-order valence-corrected chi connectivity index (χ2v) is 5.77. The zero-order valence-corrected chi connectivity index (χ0v) is 10.6. The van der Waals surface area contributed by atoms with Crippen LogP contribution in [0.25, 0.3) is 0 Å². The molecule has 1 N–H and O–H groups in total. The molecule has 0 aromatic heterocycles. The lowest BCUT2D eigenvalue weighted by molar-refractivity contribution is 0.137. The van der Waals surface area contributed by atoms with Gasteiger partial charge in [0.25, 0.3) is 0 Å². The van der Waals surface area contributed by atoms with Crippen LogP contribution in [0.5, 0.6) is 0 Å². The number of hydrogen-bond acceptors (Lipinski definition) is 1. The fraction of sp³-hybridized carbons (Fsp3) is 0.625. The fourth-order valence-corrected chi connectivity index (χ4v) is 3.74. The molecule has 2 fully saturated rings. The van der Waals surface area contributed by atoms with Gasteiger partial charge in [-0.15, -0.1) is 0 Å². The number of aryl methyl sites for hydroxylation is 1. The molecule has 0 amide bonds. The van der Waals surface area contributed by atoms with E-state index in [0.29, 0.717) is 5.92 Å². The molecule has 0 saturated heterocycles. The summed E-state index contributed by atoms with van der Waals surface area (Å²) >= 11 is 0. The van der Waals surface area contributed by atoms with Crippen molar-refractivity contribution in [3.63, 3.8) is 0 Å². The zero-order valence-electron chi connectivity index (χ0n) is 10.6. The van der Waals surface area contributed by atoms with Gasteiger partial charge < -0.3 is 5.11 Å². The molecule has 1 aromatic rings. The van der Waals surface area contributed by atoms with E-state index in [4.69, 9.17) is 0 Å². The molecular formula is C16H22O. The van der Waals surface area contributed by atoms with Crippen LogP contribution >= 0.6 is 0 Å². The number of aliphatic hydroxyl groups is 1. The number of aliphatic hydroxyl groups excluding tert-OH is 1. The molecule has 0 radical (unpaired) electrons. The summed E-state index contributed by atoms with van der Waals surface area (Å²) in [5.74, 6) is 2.24. The Morgan fingerprint density at radius 3 is 2.41 bits per heavy atom. The van der Waals surface area contributed by atoms with Crippen LogP contribution in [-0.2, 0) is 6.42 Å². The summed E-state index contributed by atoms with van der Waals surface area (Å²) in [6.45, 7) is 2.20. The highest BCUT2D eigenvalue weighted by atomic mass is 16.3. The molecule has 17 heavy (non-hydrogen) atoms. The number of benzene rings is 1. The minimum Gasteiger partial charge on any atom is -0.388 e. The van der Waals surface area contributed by atoms with Crippen molar-refractivity contribution in [2.75, 3.05) is 0 Å². The molecule has 1 aromatic carbocycles. The average molecular weight is 230 g/mol. The Morgan fingerprint density at radius 1 is 1.18 bits per heavy atom. The summed E-state index contributed by atoms with van der Waals surface area (Å²) < 4.78 is 0. The minimum absolute atomic E-state index is 0.207. The van der Waals surface area contributed by atoms with E-state index in [1.165, 1.54) is 31.2 Å². The van der Waals surface area contributed by atoms with Crippen LogP contribution in [0.1, 0.15) is 49.8 Å².